The minimum atomic E-state index is -3.05. The van der Waals surface area contributed by atoms with Crippen LogP contribution in [0.1, 0.15) is 15.9 Å². The van der Waals surface area contributed by atoms with Crippen molar-refractivity contribution in [3.63, 3.8) is 0 Å². The largest absolute Gasteiger partial charge is 0.478 e. The number of aromatic carboxylic acids is 1. The van der Waals surface area contributed by atoms with Crippen molar-refractivity contribution < 1.29 is 22.7 Å². The van der Waals surface area contributed by atoms with Gasteiger partial charge in [-0.25, -0.2) is 17.6 Å². The van der Waals surface area contributed by atoms with Crippen LogP contribution in [0, 0.1) is 5.82 Å². The van der Waals surface area contributed by atoms with Gasteiger partial charge in [0, 0.05) is 19.3 Å². The molecule has 0 aliphatic rings. The standard InChI is InChI=1S/C12H16FNO4S/c1-14(3-4-19(2,17)18)8-9-5-10(12(15)16)7-11(13)6-9/h5-7H,3-4,8H2,1-2H3,(H,15,16). The van der Waals surface area contributed by atoms with E-state index < -0.39 is 21.6 Å². The van der Waals surface area contributed by atoms with Crippen LogP contribution < -0.4 is 0 Å². The van der Waals surface area contributed by atoms with Gasteiger partial charge in [-0.05, 0) is 30.8 Å². The summed E-state index contributed by atoms with van der Waals surface area (Å²) in [6.07, 6.45) is 1.14. The molecule has 0 radical (unpaired) electrons. The molecule has 5 nitrogen and oxygen atoms in total. The smallest absolute Gasteiger partial charge is 0.335 e. The SMILES string of the molecule is CN(CCS(C)(=O)=O)Cc1cc(F)cc(C(=O)O)c1. The molecule has 0 amide bonds. The van der Waals surface area contributed by atoms with Crippen molar-refractivity contribution in [1.29, 1.82) is 0 Å². The third-order valence-corrected chi connectivity index (χ3v) is 3.42. The van der Waals surface area contributed by atoms with Gasteiger partial charge in [-0.3, -0.25) is 0 Å². The van der Waals surface area contributed by atoms with Crippen LogP contribution in [-0.2, 0) is 16.4 Å². The molecule has 0 aliphatic carbocycles. The zero-order chi connectivity index (χ0) is 14.6. The molecule has 19 heavy (non-hydrogen) atoms. The highest BCUT2D eigenvalue weighted by atomic mass is 32.2. The highest BCUT2D eigenvalue weighted by Crippen LogP contribution is 2.11. The molecule has 0 fully saturated rings. The number of carboxylic acids is 1. The Bertz CT molecular complexity index is 571. The van der Waals surface area contributed by atoms with Crippen molar-refractivity contribution in [3.05, 3.63) is 35.1 Å². The molecule has 7 heteroatoms. The van der Waals surface area contributed by atoms with E-state index in [4.69, 9.17) is 5.11 Å². The normalized spacial score (nSPS) is 11.8. The minimum Gasteiger partial charge on any atom is -0.478 e. The maximum atomic E-state index is 13.2. The first-order valence-electron chi connectivity index (χ1n) is 5.56. The molecule has 0 aliphatic heterocycles. The van der Waals surface area contributed by atoms with E-state index in [1.807, 2.05) is 0 Å². The van der Waals surface area contributed by atoms with Gasteiger partial charge in [0.05, 0.1) is 11.3 Å². The highest BCUT2D eigenvalue weighted by Gasteiger charge is 2.10. The van der Waals surface area contributed by atoms with E-state index >= 15 is 0 Å². The lowest BCUT2D eigenvalue weighted by Crippen LogP contribution is -2.25. The summed E-state index contributed by atoms with van der Waals surface area (Å²) in [6, 6.07) is 3.56. The summed E-state index contributed by atoms with van der Waals surface area (Å²) in [5, 5.41) is 8.82. The quantitative estimate of drug-likeness (QED) is 0.845. The van der Waals surface area contributed by atoms with E-state index in [1.165, 1.54) is 12.1 Å². The van der Waals surface area contributed by atoms with Crippen molar-refractivity contribution in [2.75, 3.05) is 25.6 Å². The van der Waals surface area contributed by atoms with Gasteiger partial charge in [0.2, 0.25) is 0 Å². The Kier molecular flexibility index (Phi) is 5.02. The molecule has 1 rings (SSSR count). The monoisotopic (exact) mass is 289 g/mol. The first-order chi connectivity index (χ1) is 8.67. The van der Waals surface area contributed by atoms with Gasteiger partial charge >= 0.3 is 5.97 Å². The molecule has 1 aromatic rings. The lowest BCUT2D eigenvalue weighted by Gasteiger charge is -2.16. The summed E-state index contributed by atoms with van der Waals surface area (Å²) in [5.74, 6) is -1.81. The molecule has 0 unspecified atom stereocenters. The van der Waals surface area contributed by atoms with Crippen LogP contribution in [0.15, 0.2) is 18.2 Å². The number of sulfone groups is 1. The Balaban J connectivity index is 2.74. The van der Waals surface area contributed by atoms with Crippen LogP contribution in [0.25, 0.3) is 0 Å². The van der Waals surface area contributed by atoms with Gasteiger partial charge in [-0.2, -0.15) is 0 Å². The second kappa shape index (κ2) is 6.12. The third kappa shape index (κ3) is 5.80. The number of carbonyl (C=O) groups is 1. The third-order valence-electron chi connectivity index (χ3n) is 2.50. The lowest BCUT2D eigenvalue weighted by atomic mass is 10.1. The molecule has 1 N–H and O–H groups in total. The van der Waals surface area contributed by atoms with Crippen molar-refractivity contribution in [3.8, 4) is 0 Å². The fourth-order valence-electron chi connectivity index (χ4n) is 1.58. The number of carboxylic acid groups (broad SMARTS) is 1. The first kappa shape index (κ1) is 15.6. The number of benzene rings is 1. The molecule has 0 aromatic heterocycles. The van der Waals surface area contributed by atoms with Crippen LogP contribution in [0.2, 0.25) is 0 Å². The summed E-state index contributed by atoms with van der Waals surface area (Å²) in [5.41, 5.74) is 0.375. The van der Waals surface area contributed by atoms with Crippen molar-refractivity contribution in [2.45, 2.75) is 6.54 Å². The van der Waals surface area contributed by atoms with Crippen LogP contribution in [0.4, 0.5) is 4.39 Å². The average Bonchev–Trinajstić information content (AvgIpc) is 2.24. The van der Waals surface area contributed by atoms with Crippen LogP contribution in [-0.4, -0.2) is 50.0 Å². The Morgan fingerprint density at radius 3 is 2.53 bits per heavy atom. The average molecular weight is 289 g/mol. The zero-order valence-electron chi connectivity index (χ0n) is 10.8. The summed E-state index contributed by atoms with van der Waals surface area (Å²) >= 11 is 0. The number of rotatable bonds is 6. The maximum absolute atomic E-state index is 13.2. The van der Waals surface area contributed by atoms with E-state index in [0.717, 1.165) is 12.3 Å². The molecular weight excluding hydrogens is 273 g/mol. The number of halogens is 1. The predicted octanol–water partition coefficient (Wildman–Crippen LogP) is 1.00. The van der Waals surface area contributed by atoms with E-state index in [-0.39, 0.29) is 17.9 Å². The second-order valence-electron chi connectivity index (χ2n) is 4.52. The molecule has 0 bridgehead atoms. The number of hydrogen-bond donors (Lipinski definition) is 1. The lowest BCUT2D eigenvalue weighted by molar-refractivity contribution is 0.0696. The molecule has 0 saturated carbocycles. The maximum Gasteiger partial charge on any atom is 0.335 e. The van der Waals surface area contributed by atoms with E-state index in [0.29, 0.717) is 12.1 Å². The van der Waals surface area contributed by atoms with Crippen LogP contribution in [0.5, 0.6) is 0 Å². The van der Waals surface area contributed by atoms with Crippen molar-refractivity contribution in [1.82, 2.24) is 4.90 Å². The van der Waals surface area contributed by atoms with E-state index in [9.17, 15) is 17.6 Å². The second-order valence-corrected chi connectivity index (χ2v) is 6.78. The van der Waals surface area contributed by atoms with Gasteiger partial charge in [-0.1, -0.05) is 0 Å². The molecule has 106 valence electrons. The number of hydrogen-bond acceptors (Lipinski definition) is 4. The van der Waals surface area contributed by atoms with Crippen LogP contribution >= 0.6 is 0 Å². The highest BCUT2D eigenvalue weighted by molar-refractivity contribution is 7.90. The Hall–Kier alpha value is -1.47. The molecule has 0 atom stereocenters. The Morgan fingerprint density at radius 1 is 1.37 bits per heavy atom. The topological polar surface area (TPSA) is 74.7 Å². The fraction of sp³-hybridized carbons (Fsp3) is 0.417. The van der Waals surface area contributed by atoms with Gasteiger partial charge in [0.25, 0.3) is 0 Å². The van der Waals surface area contributed by atoms with Crippen molar-refractivity contribution in [2.24, 2.45) is 0 Å². The summed E-state index contributed by atoms with van der Waals surface area (Å²) in [6.45, 7) is 0.589. The molecular formula is C12H16FNO4S. The summed E-state index contributed by atoms with van der Waals surface area (Å²) < 4.78 is 35.3. The fourth-order valence-corrected chi connectivity index (χ4v) is 2.22. The molecule has 0 saturated heterocycles. The Morgan fingerprint density at radius 2 is 2.00 bits per heavy atom. The van der Waals surface area contributed by atoms with Crippen molar-refractivity contribution >= 4 is 15.8 Å². The Labute approximate surface area is 111 Å². The van der Waals surface area contributed by atoms with E-state index in [2.05, 4.69) is 0 Å². The minimum absolute atomic E-state index is 0.00457. The number of nitrogens with zero attached hydrogens (tertiary/aromatic N) is 1. The van der Waals surface area contributed by atoms with Gasteiger partial charge in [0.1, 0.15) is 15.7 Å². The molecule has 0 spiro atoms. The van der Waals surface area contributed by atoms with Gasteiger partial charge in [0.15, 0.2) is 0 Å². The van der Waals surface area contributed by atoms with E-state index in [1.54, 1.807) is 11.9 Å². The summed E-state index contributed by atoms with van der Waals surface area (Å²) in [7, 11) is -1.36. The predicted molar refractivity (Wildman–Crippen MR) is 69.4 cm³/mol. The van der Waals surface area contributed by atoms with Gasteiger partial charge in [-0.15, -0.1) is 0 Å². The molecule has 1 aromatic carbocycles. The van der Waals surface area contributed by atoms with Gasteiger partial charge < -0.3 is 10.0 Å². The molecule has 0 heterocycles. The summed E-state index contributed by atoms with van der Waals surface area (Å²) in [4.78, 5) is 12.5. The van der Waals surface area contributed by atoms with Crippen LogP contribution in [0.3, 0.4) is 0 Å². The first-order valence-corrected chi connectivity index (χ1v) is 7.62. The zero-order valence-corrected chi connectivity index (χ0v) is 11.6.